The summed E-state index contributed by atoms with van der Waals surface area (Å²) in [7, 11) is 0. The minimum absolute atomic E-state index is 0.543. The van der Waals surface area contributed by atoms with Crippen LogP contribution in [0.2, 0.25) is 0 Å². The third-order valence-electron chi connectivity index (χ3n) is 9.21. The number of esters is 2. The van der Waals surface area contributed by atoms with Gasteiger partial charge in [-0.2, -0.15) is 0 Å². The summed E-state index contributed by atoms with van der Waals surface area (Å²) in [4.78, 5) is 24.5. The quantitative estimate of drug-likeness (QED) is 0.0562. The van der Waals surface area contributed by atoms with Gasteiger partial charge in [-0.3, -0.25) is 0 Å². The van der Waals surface area contributed by atoms with Crippen molar-refractivity contribution in [2.75, 3.05) is 0 Å². The van der Waals surface area contributed by atoms with Crippen molar-refractivity contribution in [3.63, 3.8) is 0 Å². The molecule has 0 aliphatic rings. The summed E-state index contributed by atoms with van der Waals surface area (Å²) in [5.74, 6) is 3.66. The van der Waals surface area contributed by atoms with Crippen LogP contribution in [0.5, 0.6) is 0 Å². The Bertz CT molecular complexity index is 711. The van der Waals surface area contributed by atoms with E-state index in [2.05, 4.69) is 55.4 Å². The van der Waals surface area contributed by atoms with E-state index in [1.807, 2.05) is 13.8 Å². The van der Waals surface area contributed by atoms with Crippen molar-refractivity contribution in [1.29, 1.82) is 0 Å². The number of hydrogen-bond donors (Lipinski definition) is 0. The van der Waals surface area contributed by atoms with E-state index in [-0.39, 0.29) is 0 Å². The van der Waals surface area contributed by atoms with Gasteiger partial charge in [0.2, 0.25) is 0 Å². The zero-order valence-electron chi connectivity index (χ0n) is 30.6. The molecule has 4 atom stereocenters. The van der Waals surface area contributed by atoms with Gasteiger partial charge in [0.1, 0.15) is 0 Å². The smallest absolute Gasteiger partial charge is 0.338 e. The van der Waals surface area contributed by atoms with Crippen LogP contribution in [0.4, 0.5) is 0 Å². The highest BCUT2D eigenvalue weighted by atomic mass is 16.6. The Morgan fingerprint density at radius 3 is 0.977 bits per heavy atom. The fourth-order valence-electron chi connectivity index (χ4n) is 6.12. The first kappa shape index (κ1) is 41.6. The largest absolute Gasteiger partial charge is 0.387 e. The lowest BCUT2D eigenvalue weighted by molar-refractivity contribution is -0.152. The normalized spacial score (nSPS) is 15.5. The fourth-order valence-corrected chi connectivity index (χ4v) is 6.12. The molecule has 3 heteroatoms. The molecule has 0 bridgehead atoms. The van der Waals surface area contributed by atoms with E-state index in [0.29, 0.717) is 11.8 Å². The predicted molar refractivity (Wildman–Crippen MR) is 188 cm³/mol. The summed E-state index contributed by atoms with van der Waals surface area (Å²) in [6.07, 6.45) is 25.3. The first-order valence-electron chi connectivity index (χ1n) is 18.4. The Labute approximate surface area is 269 Å². The van der Waals surface area contributed by atoms with E-state index >= 15 is 0 Å². The highest BCUT2D eigenvalue weighted by Crippen LogP contribution is 2.23. The van der Waals surface area contributed by atoms with Gasteiger partial charge in [-0.05, 0) is 75.0 Å². The molecule has 0 amide bonds. The maximum Gasteiger partial charge on any atom is 0.338 e. The fraction of sp³-hybridized carbons (Fsp3) is 0.850. The molecule has 3 nitrogen and oxygen atoms in total. The summed E-state index contributed by atoms with van der Waals surface area (Å²) in [6, 6.07) is 0. The van der Waals surface area contributed by atoms with E-state index in [0.717, 1.165) is 60.5 Å². The summed E-state index contributed by atoms with van der Waals surface area (Å²) >= 11 is 0. The maximum atomic E-state index is 12.3. The molecule has 0 saturated carbocycles. The predicted octanol–water partition coefficient (Wildman–Crippen LogP) is 12.8. The second-order valence-corrected chi connectivity index (χ2v) is 15.4. The van der Waals surface area contributed by atoms with Gasteiger partial charge in [-0.15, -0.1) is 0 Å². The molecule has 0 radical (unpaired) electrons. The van der Waals surface area contributed by atoms with Crippen LogP contribution in [0.1, 0.15) is 185 Å². The molecule has 0 fully saturated rings. The summed E-state index contributed by atoms with van der Waals surface area (Å²) in [5, 5.41) is 0. The van der Waals surface area contributed by atoms with Crippen LogP contribution in [0.25, 0.3) is 0 Å². The molecule has 0 N–H and O–H groups in total. The van der Waals surface area contributed by atoms with E-state index < -0.39 is 11.9 Å². The average Bonchev–Trinajstić information content (AvgIpc) is 2.87. The summed E-state index contributed by atoms with van der Waals surface area (Å²) in [5.41, 5.74) is 1.98. The van der Waals surface area contributed by atoms with E-state index in [1.165, 1.54) is 102 Å². The van der Waals surface area contributed by atoms with Crippen LogP contribution in [0.15, 0.2) is 23.3 Å². The summed E-state index contributed by atoms with van der Waals surface area (Å²) in [6.45, 7) is 22.7. The molecule has 0 aromatic rings. The van der Waals surface area contributed by atoms with Crippen molar-refractivity contribution >= 4 is 11.9 Å². The number of allylic oxidation sites excluding steroid dienone is 2. The molecule has 0 unspecified atom stereocenters. The van der Waals surface area contributed by atoms with Crippen LogP contribution in [-0.4, -0.2) is 11.9 Å². The highest BCUT2D eigenvalue weighted by Gasteiger charge is 2.10. The van der Waals surface area contributed by atoms with Gasteiger partial charge in [0.05, 0.1) is 0 Å². The number of rotatable bonds is 26. The first-order chi connectivity index (χ1) is 20.3. The van der Waals surface area contributed by atoms with Gasteiger partial charge in [-0.25, -0.2) is 9.59 Å². The van der Waals surface area contributed by atoms with Crippen molar-refractivity contribution in [3.8, 4) is 0 Å². The lowest BCUT2D eigenvalue weighted by atomic mass is 9.91. The second-order valence-electron chi connectivity index (χ2n) is 15.4. The van der Waals surface area contributed by atoms with Gasteiger partial charge in [0.15, 0.2) is 0 Å². The number of carbonyl (C=O) groups excluding carboxylic acids is 2. The Balaban J connectivity index is 4.08. The van der Waals surface area contributed by atoms with Gasteiger partial charge in [-0.1, -0.05) is 156 Å². The third kappa shape index (κ3) is 27.9. The van der Waals surface area contributed by atoms with Crippen molar-refractivity contribution in [2.24, 2.45) is 35.5 Å². The number of hydrogen-bond acceptors (Lipinski definition) is 3. The molecule has 0 rings (SSSR count). The molecule has 0 heterocycles. The molecule has 0 spiro atoms. The van der Waals surface area contributed by atoms with E-state index in [4.69, 9.17) is 4.74 Å². The van der Waals surface area contributed by atoms with Crippen molar-refractivity contribution in [1.82, 2.24) is 0 Å². The van der Waals surface area contributed by atoms with Crippen molar-refractivity contribution < 1.29 is 14.3 Å². The molecule has 252 valence electrons. The van der Waals surface area contributed by atoms with E-state index in [9.17, 15) is 9.59 Å². The minimum Gasteiger partial charge on any atom is -0.387 e. The molecular weight excluding hydrogens is 528 g/mol. The zero-order valence-corrected chi connectivity index (χ0v) is 30.6. The Morgan fingerprint density at radius 1 is 0.442 bits per heavy atom. The van der Waals surface area contributed by atoms with Crippen molar-refractivity contribution in [3.05, 3.63) is 23.3 Å². The Hall–Kier alpha value is -1.38. The number of carbonyl (C=O) groups is 2. The molecule has 0 aliphatic carbocycles. The molecule has 0 aromatic carbocycles. The molecule has 0 aliphatic heterocycles. The van der Waals surface area contributed by atoms with Gasteiger partial charge in [0, 0.05) is 12.2 Å². The van der Waals surface area contributed by atoms with Gasteiger partial charge in [0.25, 0.3) is 0 Å². The van der Waals surface area contributed by atoms with Crippen LogP contribution in [0, 0.1) is 35.5 Å². The lowest BCUT2D eigenvalue weighted by Gasteiger charge is -2.15. The minimum atomic E-state index is -0.543. The monoisotopic (exact) mass is 603 g/mol. The van der Waals surface area contributed by atoms with Crippen LogP contribution in [-0.2, 0) is 14.3 Å². The highest BCUT2D eigenvalue weighted by molar-refractivity contribution is 5.96. The van der Waals surface area contributed by atoms with Gasteiger partial charge >= 0.3 is 11.9 Å². The molecular formula is C40H74O3. The Morgan fingerprint density at radius 2 is 0.698 bits per heavy atom. The summed E-state index contributed by atoms with van der Waals surface area (Å²) < 4.78 is 5.05. The Kier molecular flexibility index (Phi) is 25.1. The molecule has 0 saturated heterocycles. The maximum absolute atomic E-state index is 12.3. The molecule has 0 aromatic heterocycles. The number of ether oxygens (including phenoxy) is 1. The topological polar surface area (TPSA) is 43.4 Å². The average molecular weight is 603 g/mol. The zero-order chi connectivity index (χ0) is 32.6. The van der Waals surface area contributed by atoms with E-state index in [1.54, 1.807) is 0 Å². The SMILES string of the molecule is C/C(=C\C(=O)OC(=O)/C=C(\C)CCC[C@H](C)CCC[C@H](C)CCCC(C)C)CCC[C@H](C)CCC[C@H](C)CCCC(C)C. The third-order valence-corrected chi connectivity index (χ3v) is 9.21. The van der Waals surface area contributed by atoms with Crippen LogP contribution < -0.4 is 0 Å². The molecule has 43 heavy (non-hydrogen) atoms. The van der Waals surface area contributed by atoms with Crippen LogP contribution >= 0.6 is 0 Å². The van der Waals surface area contributed by atoms with Gasteiger partial charge < -0.3 is 4.74 Å². The first-order valence-corrected chi connectivity index (χ1v) is 18.4. The van der Waals surface area contributed by atoms with Crippen LogP contribution in [0.3, 0.4) is 0 Å². The standard InChI is InChI=1S/C40H74O3/c1-31(2)17-11-19-33(5)21-13-23-35(7)25-15-27-37(9)29-39(41)43-40(42)30-38(10)28-16-26-36(8)24-14-22-34(6)20-12-18-32(3)4/h29-36H,11-28H2,1-10H3/b37-29+,38-30+/t33-,34-,35-,36-/m1/s1. The van der Waals surface area contributed by atoms with Crippen molar-refractivity contribution in [2.45, 2.75) is 185 Å². The lowest BCUT2D eigenvalue weighted by Crippen LogP contribution is -2.08. The second kappa shape index (κ2) is 25.9.